The molecular formula is C18H22N6O2. The molecule has 8 nitrogen and oxygen atoms in total. The van der Waals surface area contributed by atoms with Gasteiger partial charge in [-0.15, -0.1) is 0 Å². The topological polar surface area (TPSA) is 98.0 Å². The Morgan fingerprint density at radius 3 is 2.77 bits per heavy atom. The highest BCUT2D eigenvalue weighted by Crippen LogP contribution is 2.24. The molecule has 26 heavy (non-hydrogen) atoms. The Bertz CT molecular complexity index is 822. The summed E-state index contributed by atoms with van der Waals surface area (Å²) in [5.41, 5.74) is 0.895. The maximum atomic E-state index is 5.79. The monoisotopic (exact) mass is 354 g/mol. The summed E-state index contributed by atoms with van der Waals surface area (Å²) in [5.74, 6) is 2.63. The van der Waals surface area contributed by atoms with Crippen LogP contribution in [0.4, 0.5) is 11.8 Å². The summed E-state index contributed by atoms with van der Waals surface area (Å²) in [4.78, 5) is 13.0. The van der Waals surface area contributed by atoms with Crippen molar-refractivity contribution in [2.24, 2.45) is 0 Å². The molecule has 0 atom stereocenters. The first-order valence-corrected chi connectivity index (χ1v) is 8.59. The number of nitrogens with zero attached hydrogens (tertiary/aromatic N) is 4. The maximum Gasteiger partial charge on any atom is 0.264 e. The largest absolute Gasteiger partial charge is 0.478 e. The van der Waals surface area contributed by atoms with Crippen molar-refractivity contribution >= 4 is 11.8 Å². The van der Waals surface area contributed by atoms with Crippen molar-refractivity contribution in [3.05, 3.63) is 42.4 Å². The molecule has 0 amide bonds. The summed E-state index contributed by atoms with van der Waals surface area (Å²) in [6.45, 7) is 3.09. The van der Waals surface area contributed by atoms with Crippen LogP contribution in [-0.4, -0.2) is 33.7 Å². The van der Waals surface area contributed by atoms with E-state index in [2.05, 4.69) is 37.7 Å². The zero-order chi connectivity index (χ0) is 18.2. The van der Waals surface area contributed by atoms with Crippen LogP contribution in [0.2, 0.25) is 0 Å². The first-order chi connectivity index (χ1) is 12.8. The highest BCUT2D eigenvalue weighted by atomic mass is 16.5. The van der Waals surface area contributed by atoms with Gasteiger partial charge in [0.1, 0.15) is 0 Å². The molecule has 136 valence electrons. The molecule has 0 aliphatic heterocycles. The van der Waals surface area contributed by atoms with Gasteiger partial charge in [-0.2, -0.15) is 9.97 Å². The Labute approximate surface area is 152 Å². The number of aromatic nitrogens is 4. The Kier molecular flexibility index (Phi) is 5.97. The second kappa shape index (κ2) is 8.80. The van der Waals surface area contributed by atoms with Gasteiger partial charge in [-0.05, 0) is 6.42 Å². The number of anilines is 2. The Morgan fingerprint density at radius 1 is 1.15 bits per heavy atom. The van der Waals surface area contributed by atoms with Crippen LogP contribution >= 0.6 is 0 Å². The lowest BCUT2D eigenvalue weighted by Gasteiger charge is -2.11. The molecule has 0 spiro atoms. The van der Waals surface area contributed by atoms with Gasteiger partial charge >= 0.3 is 0 Å². The summed E-state index contributed by atoms with van der Waals surface area (Å²) in [6, 6.07) is 9.65. The fourth-order valence-corrected chi connectivity index (χ4v) is 2.26. The van der Waals surface area contributed by atoms with Gasteiger partial charge in [-0.25, -0.2) is 4.98 Å². The highest BCUT2D eigenvalue weighted by molar-refractivity contribution is 5.54. The maximum absolute atomic E-state index is 5.79. The zero-order valence-electron chi connectivity index (χ0n) is 14.9. The van der Waals surface area contributed by atoms with E-state index in [-0.39, 0.29) is 6.61 Å². The number of unbranched alkanes of at least 4 members (excludes halogenated alkanes) is 1. The number of rotatable bonds is 9. The molecule has 0 bridgehead atoms. The minimum atomic E-state index is 0.143. The molecule has 0 aliphatic rings. The van der Waals surface area contributed by atoms with Gasteiger partial charge in [-0.3, -0.25) is 0 Å². The lowest BCUT2D eigenvalue weighted by atomic mass is 10.2. The smallest absolute Gasteiger partial charge is 0.264 e. The van der Waals surface area contributed by atoms with Crippen LogP contribution in [0.5, 0.6) is 5.75 Å². The van der Waals surface area contributed by atoms with E-state index >= 15 is 0 Å². The fourth-order valence-electron chi connectivity index (χ4n) is 2.26. The molecule has 2 aromatic heterocycles. The molecule has 0 aliphatic carbocycles. The van der Waals surface area contributed by atoms with Crippen molar-refractivity contribution < 1.29 is 9.26 Å². The summed E-state index contributed by atoms with van der Waals surface area (Å²) in [5, 5.41) is 10.2. The third-order valence-electron chi connectivity index (χ3n) is 3.65. The van der Waals surface area contributed by atoms with Crippen LogP contribution in [0.1, 0.15) is 25.7 Å². The third kappa shape index (κ3) is 4.47. The number of hydrogen-bond donors (Lipinski definition) is 2. The van der Waals surface area contributed by atoms with E-state index in [9.17, 15) is 0 Å². The summed E-state index contributed by atoms with van der Waals surface area (Å²) >= 11 is 0. The quantitative estimate of drug-likeness (QED) is 0.565. The number of benzene rings is 1. The SMILES string of the molecule is CCCCNc1nc(NC)ncc1OCc1nc(-c2ccccc2)no1. The highest BCUT2D eigenvalue weighted by Gasteiger charge is 2.12. The first-order valence-electron chi connectivity index (χ1n) is 8.59. The summed E-state index contributed by atoms with van der Waals surface area (Å²) in [7, 11) is 1.77. The van der Waals surface area contributed by atoms with Crippen LogP contribution in [0.15, 0.2) is 41.1 Å². The van der Waals surface area contributed by atoms with Crippen LogP contribution in [0.25, 0.3) is 11.4 Å². The predicted octanol–water partition coefficient (Wildman–Crippen LogP) is 3.36. The van der Waals surface area contributed by atoms with Gasteiger partial charge < -0.3 is 19.9 Å². The molecule has 2 heterocycles. The third-order valence-corrected chi connectivity index (χ3v) is 3.65. The molecule has 3 rings (SSSR count). The minimum absolute atomic E-state index is 0.143. The van der Waals surface area contributed by atoms with E-state index < -0.39 is 0 Å². The van der Waals surface area contributed by atoms with E-state index in [1.165, 1.54) is 0 Å². The molecule has 0 fully saturated rings. The van der Waals surface area contributed by atoms with Gasteiger partial charge in [0, 0.05) is 19.2 Å². The molecule has 3 aromatic rings. The van der Waals surface area contributed by atoms with Crippen LogP contribution in [-0.2, 0) is 6.61 Å². The van der Waals surface area contributed by atoms with Crippen LogP contribution < -0.4 is 15.4 Å². The van der Waals surface area contributed by atoms with Crippen LogP contribution in [0, 0.1) is 0 Å². The van der Waals surface area contributed by atoms with Gasteiger partial charge in [0.15, 0.2) is 18.2 Å². The van der Waals surface area contributed by atoms with Crippen molar-refractivity contribution in [3.8, 4) is 17.1 Å². The number of ether oxygens (including phenoxy) is 1. The van der Waals surface area contributed by atoms with Gasteiger partial charge in [-0.1, -0.05) is 48.8 Å². The summed E-state index contributed by atoms with van der Waals surface area (Å²) in [6.07, 6.45) is 3.77. The molecule has 0 saturated carbocycles. The average molecular weight is 354 g/mol. The van der Waals surface area contributed by atoms with Crippen molar-refractivity contribution in [2.75, 3.05) is 24.2 Å². The second-order valence-electron chi connectivity index (χ2n) is 5.60. The molecule has 0 unspecified atom stereocenters. The zero-order valence-corrected chi connectivity index (χ0v) is 14.9. The second-order valence-corrected chi connectivity index (χ2v) is 5.60. The van der Waals surface area contributed by atoms with Crippen molar-refractivity contribution in [3.63, 3.8) is 0 Å². The normalized spacial score (nSPS) is 10.5. The van der Waals surface area contributed by atoms with Crippen molar-refractivity contribution in [1.29, 1.82) is 0 Å². The van der Waals surface area contributed by atoms with Gasteiger partial charge in [0.2, 0.25) is 11.8 Å². The molecule has 8 heteroatoms. The molecule has 1 aromatic carbocycles. The Balaban J connectivity index is 1.68. The fraction of sp³-hybridized carbons (Fsp3) is 0.333. The molecule has 0 radical (unpaired) electrons. The van der Waals surface area contributed by atoms with E-state index in [4.69, 9.17) is 9.26 Å². The van der Waals surface area contributed by atoms with Crippen molar-refractivity contribution in [2.45, 2.75) is 26.4 Å². The van der Waals surface area contributed by atoms with E-state index in [0.717, 1.165) is 24.9 Å². The lowest BCUT2D eigenvalue weighted by Crippen LogP contribution is -2.08. The Hall–Kier alpha value is -3.16. The van der Waals surface area contributed by atoms with Gasteiger partial charge in [0.05, 0.1) is 6.20 Å². The standard InChI is InChI=1S/C18H22N6O2/c1-3-4-10-20-17-14(11-21-18(19-2)23-17)25-12-15-22-16(24-26-15)13-8-6-5-7-9-13/h5-9,11H,3-4,10,12H2,1-2H3,(H2,19,20,21,23). The molecule has 0 saturated heterocycles. The number of nitrogens with one attached hydrogen (secondary N) is 2. The lowest BCUT2D eigenvalue weighted by molar-refractivity contribution is 0.242. The van der Waals surface area contributed by atoms with Crippen LogP contribution in [0.3, 0.4) is 0 Å². The minimum Gasteiger partial charge on any atom is -0.478 e. The van der Waals surface area contributed by atoms with E-state index in [1.807, 2.05) is 30.3 Å². The van der Waals surface area contributed by atoms with E-state index in [0.29, 0.717) is 29.2 Å². The predicted molar refractivity (Wildman–Crippen MR) is 99.0 cm³/mol. The van der Waals surface area contributed by atoms with E-state index in [1.54, 1.807) is 13.2 Å². The first kappa shape index (κ1) is 17.7. The van der Waals surface area contributed by atoms with Gasteiger partial charge in [0.25, 0.3) is 5.89 Å². The number of hydrogen-bond acceptors (Lipinski definition) is 8. The Morgan fingerprint density at radius 2 is 2.00 bits per heavy atom. The van der Waals surface area contributed by atoms with Crippen molar-refractivity contribution in [1.82, 2.24) is 20.1 Å². The molecular weight excluding hydrogens is 332 g/mol. The average Bonchev–Trinajstić information content (AvgIpc) is 3.17. The molecule has 2 N–H and O–H groups in total. The summed E-state index contributed by atoms with van der Waals surface area (Å²) < 4.78 is 11.1.